The molecule has 2 atom stereocenters. The van der Waals surface area contributed by atoms with Crippen molar-refractivity contribution in [2.75, 3.05) is 17.3 Å². The van der Waals surface area contributed by atoms with Crippen molar-refractivity contribution in [2.45, 2.75) is 10.3 Å². The van der Waals surface area contributed by atoms with E-state index in [-0.39, 0.29) is 26.4 Å². The molecule has 0 saturated heterocycles. The standard InChI is InChI=1S/C24H14Cl5F3N2O2/c1-34(18-5-2-11(30)8-17(18)32)23(36)13-9-12(3-4-16(13)31)33-22(35)20-19(24(20,28)29)10-6-14(25)21(27)15(26)7-10/h2-9,19-20H,1H3,(H,33,35)/t19-,20+/m0/s1. The molecule has 4 rings (SSSR count). The molecule has 0 aliphatic heterocycles. The topological polar surface area (TPSA) is 49.4 Å². The first-order valence-corrected chi connectivity index (χ1v) is 12.1. The van der Waals surface area contributed by atoms with Crippen molar-refractivity contribution in [2.24, 2.45) is 5.92 Å². The summed E-state index contributed by atoms with van der Waals surface area (Å²) < 4.78 is 40.3. The summed E-state index contributed by atoms with van der Waals surface area (Å²) in [5, 5.41) is 3.03. The van der Waals surface area contributed by atoms with Gasteiger partial charge in [0.15, 0.2) is 0 Å². The molecule has 3 aromatic rings. The van der Waals surface area contributed by atoms with Crippen molar-refractivity contribution in [3.63, 3.8) is 0 Å². The summed E-state index contributed by atoms with van der Waals surface area (Å²) >= 11 is 30.8. The molecule has 0 heterocycles. The Labute approximate surface area is 228 Å². The third-order valence-electron chi connectivity index (χ3n) is 5.74. The van der Waals surface area contributed by atoms with E-state index < -0.39 is 51.0 Å². The first-order chi connectivity index (χ1) is 16.8. The fourth-order valence-corrected chi connectivity index (χ4v) is 5.29. The van der Waals surface area contributed by atoms with Crippen LogP contribution in [0.1, 0.15) is 21.8 Å². The van der Waals surface area contributed by atoms with Crippen LogP contribution in [0.15, 0.2) is 48.5 Å². The molecule has 0 spiro atoms. The van der Waals surface area contributed by atoms with Crippen LogP contribution in [0.2, 0.25) is 15.1 Å². The van der Waals surface area contributed by atoms with Crippen molar-refractivity contribution in [3.05, 3.63) is 92.2 Å². The highest BCUT2D eigenvalue weighted by Gasteiger charge is 2.67. The largest absolute Gasteiger partial charge is 0.326 e. The Bertz CT molecular complexity index is 1380. The SMILES string of the molecule is CN(C(=O)c1cc(NC(=O)[C@H]2[C@H](c3cc(Cl)c(Cl)c(Cl)c3)C2(Cl)Cl)ccc1F)c1ccc(F)cc1F. The van der Waals surface area contributed by atoms with Crippen LogP contribution in [-0.4, -0.2) is 23.2 Å². The third-order valence-corrected chi connectivity index (χ3v) is 7.88. The molecule has 4 nitrogen and oxygen atoms in total. The Balaban J connectivity index is 1.55. The van der Waals surface area contributed by atoms with Crippen molar-refractivity contribution in [1.82, 2.24) is 0 Å². The molecular weight excluding hydrogens is 583 g/mol. The Morgan fingerprint density at radius 2 is 1.56 bits per heavy atom. The van der Waals surface area contributed by atoms with Gasteiger partial charge in [-0.15, -0.1) is 23.2 Å². The molecule has 2 amide bonds. The van der Waals surface area contributed by atoms with Crippen molar-refractivity contribution >= 4 is 81.2 Å². The molecule has 3 aromatic carbocycles. The first-order valence-electron chi connectivity index (χ1n) is 10.2. The van der Waals surface area contributed by atoms with Gasteiger partial charge in [0, 0.05) is 24.7 Å². The van der Waals surface area contributed by atoms with Crippen LogP contribution in [0, 0.1) is 23.4 Å². The number of hydrogen-bond donors (Lipinski definition) is 1. The van der Waals surface area contributed by atoms with Crippen molar-refractivity contribution < 1.29 is 22.8 Å². The molecule has 12 heteroatoms. The van der Waals surface area contributed by atoms with Crippen molar-refractivity contribution in [3.8, 4) is 0 Å². The molecule has 0 radical (unpaired) electrons. The second kappa shape index (κ2) is 9.95. The molecule has 1 N–H and O–H groups in total. The van der Waals surface area contributed by atoms with Gasteiger partial charge < -0.3 is 10.2 Å². The van der Waals surface area contributed by atoms with E-state index in [4.69, 9.17) is 58.0 Å². The zero-order valence-electron chi connectivity index (χ0n) is 18.1. The summed E-state index contributed by atoms with van der Waals surface area (Å²) in [4.78, 5) is 26.6. The molecule has 0 bridgehead atoms. The normalized spacial score (nSPS) is 18.0. The summed E-state index contributed by atoms with van der Waals surface area (Å²) in [5.74, 6) is -5.85. The number of anilines is 2. The van der Waals surface area contributed by atoms with Gasteiger partial charge in [-0.05, 0) is 48.0 Å². The van der Waals surface area contributed by atoms with Crippen LogP contribution in [0.3, 0.4) is 0 Å². The molecule has 1 saturated carbocycles. The minimum Gasteiger partial charge on any atom is -0.326 e. The van der Waals surface area contributed by atoms with Crippen LogP contribution >= 0.6 is 58.0 Å². The monoisotopic (exact) mass is 594 g/mol. The Morgan fingerprint density at radius 3 is 2.17 bits per heavy atom. The maximum atomic E-state index is 14.5. The number of carbonyl (C=O) groups is 2. The second-order valence-corrected chi connectivity index (χ2v) is 10.7. The number of amides is 2. The third kappa shape index (κ3) is 5.00. The Hall–Kier alpha value is -2.16. The lowest BCUT2D eigenvalue weighted by atomic mass is 10.1. The Morgan fingerprint density at radius 1 is 0.917 bits per heavy atom. The molecule has 1 fully saturated rings. The summed E-state index contributed by atoms with van der Waals surface area (Å²) in [6.45, 7) is 0. The number of hydrogen-bond acceptors (Lipinski definition) is 2. The van der Waals surface area contributed by atoms with E-state index in [0.717, 1.165) is 29.2 Å². The van der Waals surface area contributed by atoms with E-state index in [0.29, 0.717) is 11.6 Å². The van der Waals surface area contributed by atoms with Gasteiger partial charge in [0.25, 0.3) is 5.91 Å². The number of carbonyl (C=O) groups excluding carboxylic acids is 2. The first kappa shape index (κ1) is 26.9. The van der Waals surface area contributed by atoms with Crippen LogP contribution in [-0.2, 0) is 4.79 Å². The number of nitrogens with zero attached hydrogens (tertiary/aromatic N) is 1. The van der Waals surface area contributed by atoms with Gasteiger partial charge in [0.2, 0.25) is 5.91 Å². The quantitative estimate of drug-likeness (QED) is 0.241. The zero-order valence-corrected chi connectivity index (χ0v) is 21.8. The van der Waals surface area contributed by atoms with Gasteiger partial charge in [-0.3, -0.25) is 9.59 Å². The summed E-state index contributed by atoms with van der Waals surface area (Å²) in [7, 11) is 1.20. The van der Waals surface area contributed by atoms with E-state index >= 15 is 0 Å². The van der Waals surface area contributed by atoms with Crippen LogP contribution in [0.4, 0.5) is 24.5 Å². The van der Waals surface area contributed by atoms with E-state index in [2.05, 4.69) is 5.32 Å². The van der Waals surface area contributed by atoms with Crippen LogP contribution in [0.25, 0.3) is 0 Å². The number of halogens is 8. The number of rotatable bonds is 5. The Kier molecular flexibility index (Phi) is 7.43. The predicted molar refractivity (Wildman–Crippen MR) is 136 cm³/mol. The zero-order chi connectivity index (χ0) is 26.5. The molecule has 36 heavy (non-hydrogen) atoms. The maximum Gasteiger partial charge on any atom is 0.261 e. The number of nitrogens with one attached hydrogen (secondary N) is 1. The molecule has 1 aliphatic carbocycles. The van der Waals surface area contributed by atoms with Gasteiger partial charge in [-0.25, -0.2) is 13.2 Å². The lowest BCUT2D eigenvalue weighted by Crippen LogP contribution is -2.28. The van der Waals surface area contributed by atoms with Gasteiger partial charge in [-0.1, -0.05) is 34.8 Å². The molecule has 0 unspecified atom stereocenters. The van der Waals surface area contributed by atoms with Crippen molar-refractivity contribution in [1.29, 1.82) is 0 Å². The van der Waals surface area contributed by atoms with Gasteiger partial charge in [0.05, 0.1) is 32.2 Å². The maximum absolute atomic E-state index is 14.5. The number of benzene rings is 3. The summed E-state index contributed by atoms with van der Waals surface area (Å²) in [5.41, 5.74) is -0.145. The minimum absolute atomic E-state index is 0.0692. The van der Waals surface area contributed by atoms with E-state index in [1.54, 1.807) is 0 Å². The lowest BCUT2D eigenvalue weighted by Gasteiger charge is -2.19. The molecule has 0 aromatic heterocycles. The smallest absolute Gasteiger partial charge is 0.261 e. The summed E-state index contributed by atoms with van der Waals surface area (Å²) in [6.07, 6.45) is 0. The average molecular weight is 597 g/mol. The number of alkyl halides is 2. The van der Waals surface area contributed by atoms with E-state index in [1.807, 2.05) is 0 Å². The highest BCUT2D eigenvalue weighted by atomic mass is 35.5. The predicted octanol–water partition coefficient (Wildman–Crippen LogP) is 7.87. The van der Waals surface area contributed by atoms with Crippen LogP contribution in [0.5, 0.6) is 0 Å². The van der Waals surface area contributed by atoms with E-state index in [9.17, 15) is 22.8 Å². The average Bonchev–Trinajstić information content (AvgIpc) is 3.39. The second-order valence-electron chi connectivity index (χ2n) is 8.07. The minimum atomic E-state index is -1.48. The molecule has 1 aliphatic rings. The van der Waals surface area contributed by atoms with Gasteiger partial charge >= 0.3 is 0 Å². The molecular formula is C24H14Cl5F3N2O2. The van der Waals surface area contributed by atoms with E-state index in [1.165, 1.54) is 25.2 Å². The lowest BCUT2D eigenvalue weighted by molar-refractivity contribution is -0.117. The highest BCUT2D eigenvalue weighted by Crippen LogP contribution is 2.65. The van der Waals surface area contributed by atoms with Gasteiger partial charge in [0.1, 0.15) is 21.8 Å². The highest BCUT2D eigenvalue weighted by molar-refractivity contribution is 6.54. The molecule has 188 valence electrons. The van der Waals surface area contributed by atoms with Crippen LogP contribution < -0.4 is 10.2 Å². The van der Waals surface area contributed by atoms with Gasteiger partial charge in [-0.2, -0.15) is 0 Å². The fraction of sp³-hybridized carbons (Fsp3) is 0.167. The summed E-state index contributed by atoms with van der Waals surface area (Å²) in [6, 6.07) is 8.92. The fourth-order valence-electron chi connectivity index (χ4n) is 3.85.